The van der Waals surface area contributed by atoms with Crippen LogP contribution in [-0.4, -0.2) is 34.9 Å². The highest BCUT2D eigenvalue weighted by molar-refractivity contribution is 6.06. The zero-order chi connectivity index (χ0) is 22.8. The molecule has 4 aromatic rings. The molecule has 5 rings (SSSR count). The number of fused-ring (bicyclic) bond motifs is 1. The maximum absolute atomic E-state index is 13.8. The molecule has 7 heteroatoms. The summed E-state index contributed by atoms with van der Waals surface area (Å²) in [7, 11) is 3.24. The van der Waals surface area contributed by atoms with E-state index in [1.165, 1.54) is 6.33 Å². The second-order valence-electron chi connectivity index (χ2n) is 7.86. The average Bonchev–Trinajstić information content (AvgIpc) is 3.38. The Labute approximate surface area is 192 Å². The maximum atomic E-state index is 13.8. The fourth-order valence-corrected chi connectivity index (χ4v) is 4.38. The third-order valence-corrected chi connectivity index (χ3v) is 6.04. The van der Waals surface area contributed by atoms with E-state index in [9.17, 15) is 4.79 Å². The van der Waals surface area contributed by atoms with E-state index in [0.29, 0.717) is 23.7 Å². The number of rotatable bonds is 5. The highest BCUT2D eigenvalue weighted by Crippen LogP contribution is 2.42. The largest absolute Gasteiger partial charge is 0.497 e. The summed E-state index contributed by atoms with van der Waals surface area (Å²) in [6.07, 6.45) is 2.16. The monoisotopic (exact) mass is 440 g/mol. The van der Waals surface area contributed by atoms with Gasteiger partial charge in [-0.1, -0.05) is 48.5 Å². The predicted molar refractivity (Wildman–Crippen MR) is 125 cm³/mol. The molecule has 1 aromatic heterocycles. The molecule has 0 bridgehead atoms. The predicted octanol–water partition coefficient (Wildman–Crippen LogP) is 4.68. The van der Waals surface area contributed by atoms with E-state index < -0.39 is 0 Å². The normalized spacial score (nSPS) is 17.3. The molecule has 1 amide bonds. The smallest absolute Gasteiger partial charge is 0.261 e. The number of methoxy groups -OCH3 is 2. The van der Waals surface area contributed by atoms with Gasteiger partial charge in [0.15, 0.2) is 0 Å². The molecular weight excluding hydrogens is 416 g/mol. The zero-order valence-electron chi connectivity index (χ0n) is 18.5. The minimum atomic E-state index is -0.214. The van der Waals surface area contributed by atoms with E-state index in [-0.39, 0.29) is 18.0 Å². The summed E-state index contributed by atoms with van der Waals surface area (Å²) in [6.45, 7) is 0. The van der Waals surface area contributed by atoms with Crippen LogP contribution in [0, 0.1) is 0 Å². The molecule has 1 aliphatic rings. The van der Waals surface area contributed by atoms with Gasteiger partial charge in [0.05, 0.1) is 26.3 Å². The van der Waals surface area contributed by atoms with Crippen molar-refractivity contribution in [3.8, 4) is 11.5 Å². The van der Waals surface area contributed by atoms with E-state index in [4.69, 9.17) is 9.47 Å². The Morgan fingerprint density at radius 1 is 0.848 bits per heavy atom. The molecule has 166 valence electrons. The van der Waals surface area contributed by atoms with Crippen LogP contribution in [0.5, 0.6) is 11.5 Å². The Morgan fingerprint density at radius 3 is 2.30 bits per heavy atom. The number of aromatic nitrogens is 3. The maximum Gasteiger partial charge on any atom is 0.261 e. The molecule has 33 heavy (non-hydrogen) atoms. The molecule has 3 aromatic carbocycles. The van der Waals surface area contributed by atoms with Gasteiger partial charge in [0, 0.05) is 5.56 Å². The van der Waals surface area contributed by atoms with Crippen LogP contribution in [-0.2, 0) is 0 Å². The lowest BCUT2D eigenvalue weighted by Crippen LogP contribution is -2.42. The van der Waals surface area contributed by atoms with Crippen LogP contribution in [0.2, 0.25) is 0 Å². The van der Waals surface area contributed by atoms with Crippen LogP contribution in [0.15, 0.2) is 85.2 Å². The first kappa shape index (κ1) is 20.8. The molecule has 0 aliphatic carbocycles. The SMILES string of the molecule is COc1ccc([C@H]2C[C@@H](c3ccccc3)N(C(=O)c3cccc(OC)c3)c3ncnn32)cc1. The van der Waals surface area contributed by atoms with Gasteiger partial charge < -0.3 is 9.47 Å². The standard InChI is InChI=1S/C26H24N4O3/c1-32-21-13-11-19(12-14-21)24-16-23(18-7-4-3-5-8-18)29(26-27-17-28-30(24)26)25(31)20-9-6-10-22(15-20)33-2/h3-15,17,23-24H,16H2,1-2H3/t23-,24+/m0/s1. The van der Waals surface area contributed by atoms with E-state index >= 15 is 0 Å². The van der Waals surface area contributed by atoms with Gasteiger partial charge in [0.1, 0.15) is 17.8 Å². The molecule has 0 fully saturated rings. The first-order chi connectivity index (χ1) is 16.2. The summed E-state index contributed by atoms with van der Waals surface area (Å²) < 4.78 is 12.5. The number of benzene rings is 3. The molecule has 1 aliphatic heterocycles. The molecule has 0 N–H and O–H groups in total. The number of hydrogen-bond donors (Lipinski definition) is 0. The summed E-state index contributed by atoms with van der Waals surface area (Å²) in [5, 5.41) is 4.50. The van der Waals surface area contributed by atoms with Crippen molar-refractivity contribution in [3.63, 3.8) is 0 Å². The topological polar surface area (TPSA) is 69.5 Å². The van der Waals surface area contributed by atoms with Gasteiger partial charge >= 0.3 is 0 Å². The van der Waals surface area contributed by atoms with Crippen molar-refractivity contribution in [2.75, 3.05) is 19.1 Å². The molecule has 0 spiro atoms. The van der Waals surface area contributed by atoms with Crippen LogP contribution < -0.4 is 14.4 Å². The highest BCUT2D eigenvalue weighted by atomic mass is 16.5. The van der Waals surface area contributed by atoms with Gasteiger partial charge in [-0.05, 0) is 47.9 Å². The van der Waals surface area contributed by atoms with Gasteiger partial charge in [-0.25, -0.2) is 4.68 Å². The number of carbonyl (C=O) groups excluding carboxylic acids is 1. The molecular formula is C26H24N4O3. The van der Waals surface area contributed by atoms with Crippen molar-refractivity contribution < 1.29 is 14.3 Å². The highest BCUT2D eigenvalue weighted by Gasteiger charge is 2.39. The Kier molecular flexibility index (Phi) is 5.52. The average molecular weight is 441 g/mol. The third kappa shape index (κ3) is 3.82. The lowest BCUT2D eigenvalue weighted by Gasteiger charge is -2.39. The number of ether oxygens (including phenoxy) is 2. The zero-order valence-corrected chi connectivity index (χ0v) is 18.5. The lowest BCUT2D eigenvalue weighted by molar-refractivity contribution is 0.0963. The minimum Gasteiger partial charge on any atom is -0.497 e. The number of hydrogen-bond acceptors (Lipinski definition) is 5. The van der Waals surface area contributed by atoms with Gasteiger partial charge in [0.2, 0.25) is 5.95 Å². The van der Waals surface area contributed by atoms with Gasteiger partial charge in [0.25, 0.3) is 5.91 Å². The van der Waals surface area contributed by atoms with Crippen molar-refractivity contribution in [3.05, 3.63) is 102 Å². The Bertz CT molecular complexity index is 1250. The molecule has 0 unspecified atom stereocenters. The number of carbonyl (C=O) groups is 1. The van der Waals surface area contributed by atoms with Gasteiger partial charge in [-0.3, -0.25) is 9.69 Å². The summed E-state index contributed by atoms with van der Waals surface area (Å²) >= 11 is 0. The van der Waals surface area contributed by atoms with Gasteiger partial charge in [-0.15, -0.1) is 0 Å². The molecule has 2 atom stereocenters. The quantitative estimate of drug-likeness (QED) is 0.451. The molecule has 7 nitrogen and oxygen atoms in total. The van der Waals surface area contributed by atoms with E-state index in [1.807, 2.05) is 71.4 Å². The van der Waals surface area contributed by atoms with Crippen LogP contribution >= 0.6 is 0 Å². The van der Waals surface area contributed by atoms with Crippen molar-refractivity contribution in [1.82, 2.24) is 14.8 Å². The van der Waals surface area contributed by atoms with Crippen LogP contribution in [0.1, 0.15) is 40.0 Å². The summed E-state index contributed by atoms with van der Waals surface area (Å²) in [6, 6.07) is 24.9. The fraction of sp³-hybridized carbons (Fsp3) is 0.192. The third-order valence-electron chi connectivity index (χ3n) is 6.04. The number of amides is 1. The molecule has 0 saturated carbocycles. The second kappa shape index (κ2) is 8.78. The van der Waals surface area contributed by atoms with E-state index in [0.717, 1.165) is 16.9 Å². The Hall–Kier alpha value is -4.13. The van der Waals surface area contributed by atoms with Crippen LogP contribution in [0.25, 0.3) is 0 Å². The Balaban J connectivity index is 1.62. The summed E-state index contributed by atoms with van der Waals surface area (Å²) in [4.78, 5) is 20.1. The van der Waals surface area contributed by atoms with Crippen LogP contribution in [0.4, 0.5) is 5.95 Å². The van der Waals surface area contributed by atoms with Crippen molar-refractivity contribution in [2.45, 2.75) is 18.5 Å². The van der Waals surface area contributed by atoms with E-state index in [2.05, 4.69) is 10.1 Å². The fourth-order valence-electron chi connectivity index (χ4n) is 4.38. The molecule has 0 saturated heterocycles. The van der Waals surface area contributed by atoms with Crippen molar-refractivity contribution in [1.29, 1.82) is 0 Å². The van der Waals surface area contributed by atoms with E-state index in [1.54, 1.807) is 31.3 Å². The summed E-state index contributed by atoms with van der Waals surface area (Å²) in [5.41, 5.74) is 2.66. The minimum absolute atomic E-state index is 0.0760. The number of nitrogens with zero attached hydrogens (tertiary/aromatic N) is 4. The van der Waals surface area contributed by atoms with Crippen molar-refractivity contribution in [2.24, 2.45) is 0 Å². The molecule has 0 radical (unpaired) electrons. The Morgan fingerprint density at radius 2 is 1.58 bits per heavy atom. The van der Waals surface area contributed by atoms with Gasteiger partial charge in [-0.2, -0.15) is 10.1 Å². The number of anilines is 1. The van der Waals surface area contributed by atoms with Crippen molar-refractivity contribution >= 4 is 11.9 Å². The van der Waals surface area contributed by atoms with Crippen LogP contribution in [0.3, 0.4) is 0 Å². The first-order valence-corrected chi connectivity index (χ1v) is 10.8. The summed E-state index contributed by atoms with van der Waals surface area (Å²) in [5.74, 6) is 1.79. The molecule has 2 heterocycles. The second-order valence-corrected chi connectivity index (χ2v) is 7.86. The first-order valence-electron chi connectivity index (χ1n) is 10.8. The lowest BCUT2D eigenvalue weighted by atomic mass is 9.91.